The molecular weight excluding hydrogens is 386 g/mol. The minimum absolute atomic E-state index is 0.340. The molecule has 0 aromatic heterocycles. The number of thioether (sulfide) groups is 1. The Kier molecular flexibility index (Phi) is 6.31. The molecule has 3 rings (SSSR count). The average molecular weight is 401 g/mol. The van der Waals surface area contributed by atoms with Gasteiger partial charge in [0.25, 0.3) is 0 Å². The zero-order valence-corrected chi connectivity index (χ0v) is 15.3. The van der Waals surface area contributed by atoms with Crippen molar-refractivity contribution in [1.82, 2.24) is 0 Å². The summed E-state index contributed by atoms with van der Waals surface area (Å²) in [7, 11) is 0. The maximum Gasteiger partial charge on any atom is 0.416 e. The molecule has 0 radical (unpaired) electrons. The van der Waals surface area contributed by atoms with Crippen LogP contribution < -0.4 is 0 Å². The summed E-state index contributed by atoms with van der Waals surface area (Å²) in [6.45, 7) is 0. The molecule has 0 aliphatic carbocycles. The summed E-state index contributed by atoms with van der Waals surface area (Å²) in [5.41, 5.74) is 0.948. The molecule has 0 atom stereocenters. The Morgan fingerprint density at radius 2 is 1.46 bits per heavy atom. The quantitative estimate of drug-likeness (QED) is 0.249. The molecule has 0 N–H and O–H groups in total. The first-order valence-corrected chi connectivity index (χ1v) is 9.20. The third kappa shape index (κ3) is 5.33. The van der Waals surface area contributed by atoms with E-state index in [1.165, 1.54) is 30.0 Å². The number of benzene rings is 3. The lowest BCUT2D eigenvalue weighted by atomic mass is 10.1. The van der Waals surface area contributed by atoms with E-state index in [0.717, 1.165) is 12.1 Å². The third-order valence-electron chi connectivity index (χ3n) is 3.77. The van der Waals surface area contributed by atoms with Gasteiger partial charge >= 0.3 is 6.18 Å². The standard InChI is InChI=1S/C22H15F4NS/c23-19-8-4-5-9-21(19)28-15-14-20(27-18-6-2-1-3-7-18)16-10-12-17(13-11-16)22(24,25)26/h1-15H. The molecule has 3 aromatic rings. The van der Waals surface area contributed by atoms with Gasteiger partial charge in [-0.1, -0.05) is 54.2 Å². The lowest BCUT2D eigenvalue weighted by molar-refractivity contribution is -0.137. The lowest BCUT2D eigenvalue weighted by Gasteiger charge is -2.08. The summed E-state index contributed by atoms with van der Waals surface area (Å²) in [5, 5.41) is 1.66. The van der Waals surface area contributed by atoms with Crippen LogP contribution in [0.15, 0.2) is 100 Å². The molecule has 0 amide bonds. The smallest absolute Gasteiger partial charge is 0.248 e. The highest BCUT2D eigenvalue weighted by Crippen LogP contribution is 2.29. The molecule has 0 fully saturated rings. The second-order valence-electron chi connectivity index (χ2n) is 5.76. The van der Waals surface area contributed by atoms with E-state index in [9.17, 15) is 17.6 Å². The summed E-state index contributed by atoms with van der Waals surface area (Å²) in [4.78, 5) is 4.97. The van der Waals surface area contributed by atoms with Crippen molar-refractivity contribution < 1.29 is 17.6 Å². The Labute approximate surface area is 164 Å². The van der Waals surface area contributed by atoms with Crippen molar-refractivity contribution in [3.8, 4) is 0 Å². The monoisotopic (exact) mass is 401 g/mol. The van der Waals surface area contributed by atoms with Gasteiger partial charge < -0.3 is 0 Å². The topological polar surface area (TPSA) is 12.4 Å². The fraction of sp³-hybridized carbons (Fsp3) is 0.0455. The number of halogens is 4. The third-order valence-corrected chi connectivity index (χ3v) is 4.63. The van der Waals surface area contributed by atoms with Crippen molar-refractivity contribution in [1.29, 1.82) is 0 Å². The van der Waals surface area contributed by atoms with Crippen LogP contribution in [-0.4, -0.2) is 5.71 Å². The summed E-state index contributed by atoms with van der Waals surface area (Å²) < 4.78 is 52.2. The van der Waals surface area contributed by atoms with Crippen LogP contribution in [0.2, 0.25) is 0 Å². The molecule has 0 saturated heterocycles. The summed E-state index contributed by atoms with van der Waals surface area (Å²) in [5.74, 6) is -0.340. The molecular formula is C22H15F4NS. The Morgan fingerprint density at radius 1 is 0.821 bits per heavy atom. The Balaban J connectivity index is 1.90. The Bertz CT molecular complexity index is 977. The highest BCUT2D eigenvalue weighted by molar-refractivity contribution is 8.02. The van der Waals surface area contributed by atoms with Crippen LogP contribution in [0.4, 0.5) is 23.2 Å². The van der Waals surface area contributed by atoms with Crippen LogP contribution in [0.25, 0.3) is 0 Å². The zero-order valence-electron chi connectivity index (χ0n) is 14.5. The van der Waals surface area contributed by atoms with Crippen LogP contribution in [0, 0.1) is 5.82 Å². The number of allylic oxidation sites excluding steroid dienone is 1. The number of rotatable bonds is 5. The molecule has 6 heteroatoms. The maximum absolute atomic E-state index is 13.7. The minimum Gasteiger partial charge on any atom is -0.248 e. The fourth-order valence-corrected chi connectivity index (χ4v) is 3.06. The van der Waals surface area contributed by atoms with E-state index >= 15 is 0 Å². The molecule has 0 saturated carbocycles. The molecule has 0 spiro atoms. The van der Waals surface area contributed by atoms with E-state index in [1.807, 2.05) is 18.2 Å². The van der Waals surface area contributed by atoms with Crippen LogP contribution in [0.1, 0.15) is 11.1 Å². The summed E-state index contributed by atoms with van der Waals surface area (Å²) in [6, 6.07) is 20.2. The van der Waals surface area contributed by atoms with Gasteiger partial charge in [0, 0.05) is 10.5 Å². The van der Waals surface area contributed by atoms with Gasteiger partial charge in [0.2, 0.25) is 0 Å². The van der Waals surface area contributed by atoms with E-state index in [-0.39, 0.29) is 5.82 Å². The number of para-hydroxylation sites is 1. The molecule has 142 valence electrons. The first kappa shape index (κ1) is 19.9. The molecule has 0 unspecified atom stereocenters. The predicted molar refractivity (Wildman–Crippen MR) is 105 cm³/mol. The summed E-state index contributed by atoms with van der Waals surface area (Å²) >= 11 is 1.17. The SMILES string of the molecule is Fc1ccccc1SC=CC(=Nc1ccccc1)c1ccc(C(F)(F)F)cc1. The highest BCUT2D eigenvalue weighted by Gasteiger charge is 2.30. The van der Waals surface area contributed by atoms with Gasteiger partial charge in [-0.05, 0) is 47.9 Å². The van der Waals surface area contributed by atoms with Crippen molar-refractivity contribution in [2.45, 2.75) is 11.1 Å². The fourth-order valence-electron chi connectivity index (χ4n) is 2.38. The second-order valence-corrected chi connectivity index (χ2v) is 6.71. The van der Waals surface area contributed by atoms with Gasteiger partial charge in [0.15, 0.2) is 0 Å². The van der Waals surface area contributed by atoms with Gasteiger partial charge in [-0.25, -0.2) is 9.38 Å². The lowest BCUT2D eigenvalue weighted by Crippen LogP contribution is -2.05. The molecule has 1 nitrogen and oxygen atoms in total. The number of hydrogen-bond acceptors (Lipinski definition) is 2. The molecule has 0 bridgehead atoms. The van der Waals surface area contributed by atoms with Crippen molar-refractivity contribution >= 4 is 23.2 Å². The zero-order chi connectivity index (χ0) is 20.0. The van der Waals surface area contributed by atoms with Crippen LogP contribution in [0.3, 0.4) is 0 Å². The van der Waals surface area contributed by atoms with Crippen molar-refractivity contribution in [3.05, 3.63) is 107 Å². The van der Waals surface area contributed by atoms with Gasteiger partial charge in [0.05, 0.1) is 17.0 Å². The normalized spacial score (nSPS) is 12.5. The summed E-state index contributed by atoms with van der Waals surface area (Å²) in [6.07, 6.45) is -2.74. The molecule has 0 aliphatic rings. The number of nitrogens with zero attached hydrogens (tertiary/aromatic N) is 1. The predicted octanol–water partition coefficient (Wildman–Crippen LogP) is 7.27. The van der Waals surface area contributed by atoms with Crippen molar-refractivity contribution in [2.75, 3.05) is 0 Å². The Hall–Kier alpha value is -2.86. The molecule has 3 aromatic carbocycles. The van der Waals surface area contributed by atoms with Gasteiger partial charge in [0.1, 0.15) is 5.82 Å². The molecule has 0 heterocycles. The molecule has 0 aliphatic heterocycles. The van der Waals surface area contributed by atoms with Crippen LogP contribution in [0.5, 0.6) is 0 Å². The van der Waals surface area contributed by atoms with E-state index in [1.54, 1.807) is 41.8 Å². The van der Waals surface area contributed by atoms with Gasteiger partial charge in [-0.2, -0.15) is 13.2 Å². The van der Waals surface area contributed by atoms with Crippen LogP contribution >= 0.6 is 11.8 Å². The number of alkyl halides is 3. The first-order valence-electron chi connectivity index (χ1n) is 8.32. The highest BCUT2D eigenvalue weighted by atomic mass is 32.2. The van der Waals surface area contributed by atoms with E-state index in [2.05, 4.69) is 4.99 Å². The van der Waals surface area contributed by atoms with Gasteiger partial charge in [-0.15, -0.1) is 0 Å². The first-order chi connectivity index (χ1) is 13.4. The van der Waals surface area contributed by atoms with E-state index < -0.39 is 11.7 Å². The number of aliphatic imine (C=N–C) groups is 1. The van der Waals surface area contributed by atoms with Gasteiger partial charge in [-0.3, -0.25) is 0 Å². The van der Waals surface area contributed by atoms with Crippen LogP contribution in [-0.2, 0) is 6.18 Å². The van der Waals surface area contributed by atoms with E-state index in [0.29, 0.717) is 21.9 Å². The van der Waals surface area contributed by atoms with Crippen molar-refractivity contribution in [3.63, 3.8) is 0 Å². The maximum atomic E-state index is 13.7. The largest absolute Gasteiger partial charge is 0.416 e. The van der Waals surface area contributed by atoms with E-state index in [4.69, 9.17) is 0 Å². The molecule has 28 heavy (non-hydrogen) atoms. The van der Waals surface area contributed by atoms with Crippen molar-refractivity contribution in [2.24, 2.45) is 4.99 Å². The average Bonchev–Trinajstić information content (AvgIpc) is 2.69. The Morgan fingerprint density at radius 3 is 2.11 bits per heavy atom. The number of hydrogen-bond donors (Lipinski definition) is 0. The minimum atomic E-state index is -4.40. The second kappa shape index (κ2) is 8.89.